The zero-order valence-corrected chi connectivity index (χ0v) is 49.0. The molecule has 1 N–H and O–H groups in total. The molecule has 0 aromatic heterocycles. The highest BCUT2D eigenvalue weighted by Crippen LogP contribution is 2.31. The Hall–Kier alpha value is -4.71. The lowest BCUT2D eigenvalue weighted by Gasteiger charge is -2.44. The first kappa shape index (κ1) is 76.5. The molecule has 4 aromatic carbocycles. The third kappa shape index (κ3) is 20.9. The van der Waals surface area contributed by atoms with Crippen molar-refractivity contribution >= 4 is 28.0 Å². The van der Waals surface area contributed by atoms with E-state index in [4.69, 9.17) is 0 Å². The normalized spacial score (nSPS) is 12.1. The maximum absolute atomic E-state index is 15.4. The molecule has 0 saturated heterocycles. The van der Waals surface area contributed by atoms with Gasteiger partial charge in [-0.1, -0.05) is 194 Å². The van der Waals surface area contributed by atoms with Crippen molar-refractivity contribution in [2.24, 2.45) is 0 Å². The molecule has 0 unspecified atom stereocenters. The third-order valence-electron chi connectivity index (χ3n) is 15.9. The van der Waals surface area contributed by atoms with Crippen LogP contribution in [0.1, 0.15) is 219 Å². The predicted octanol–water partition coefficient (Wildman–Crippen LogP) is 18.8. The first-order valence-corrected chi connectivity index (χ1v) is 30.3. The van der Waals surface area contributed by atoms with E-state index in [1.165, 1.54) is 180 Å². The summed E-state index contributed by atoms with van der Waals surface area (Å²) in [5.74, 6) is -71.4. The third-order valence-corrected chi connectivity index (χ3v) is 15.9. The van der Waals surface area contributed by atoms with Crippen molar-refractivity contribution in [3.63, 3.8) is 0 Å². The average molecular weight is 1280 g/mol. The summed E-state index contributed by atoms with van der Waals surface area (Å²) < 4.78 is 333. The minimum absolute atomic E-state index is 0.648. The summed E-state index contributed by atoms with van der Waals surface area (Å²) in [7, 11) is 0. The van der Waals surface area contributed by atoms with E-state index in [1.807, 2.05) is 0 Å². The van der Waals surface area contributed by atoms with Crippen LogP contribution in [0.15, 0.2) is 0 Å². The summed E-state index contributed by atoms with van der Waals surface area (Å²) in [5.41, 5.74) is -14.3. The van der Waals surface area contributed by atoms with E-state index < -0.39 is 157 Å². The van der Waals surface area contributed by atoms with Crippen LogP contribution >= 0.6 is 0 Å². The number of quaternary nitrogens is 1. The second-order valence-corrected chi connectivity index (χ2v) is 22.4. The van der Waals surface area contributed by atoms with E-state index in [9.17, 15) is 65.9 Å². The Morgan fingerprint density at radius 3 is 0.506 bits per heavy atom. The van der Waals surface area contributed by atoms with Gasteiger partial charge in [0.25, 0.3) is 0 Å². The van der Waals surface area contributed by atoms with Crippen LogP contribution in [0.25, 0.3) is 0 Å². The molecule has 0 aliphatic carbocycles. The van der Waals surface area contributed by atoms with Gasteiger partial charge in [0.15, 0.2) is 76.4 Å². The van der Waals surface area contributed by atoms with Crippen LogP contribution in [0.5, 0.6) is 0 Å². The van der Waals surface area contributed by atoms with Crippen molar-refractivity contribution in [2.45, 2.75) is 225 Å². The zero-order valence-electron chi connectivity index (χ0n) is 49.0. The molecule has 25 heteroatoms. The fraction of sp³-hybridized carbons (Fsp3) is 0.613. The molecule has 1 nitrogen and oxygen atoms in total. The molecule has 4 rings (SSSR count). The second-order valence-electron chi connectivity index (χ2n) is 22.4. The van der Waals surface area contributed by atoms with Crippen molar-refractivity contribution in [1.29, 1.82) is 0 Å². The average Bonchev–Trinajstić information content (AvgIpc) is 0.687. The van der Waals surface area contributed by atoms with Crippen molar-refractivity contribution in [1.82, 2.24) is 0 Å². The Kier molecular flexibility index (Phi) is 33.5. The van der Waals surface area contributed by atoms with Gasteiger partial charge in [-0.15, -0.1) is 21.9 Å². The molecule has 494 valence electrons. The Balaban J connectivity index is 0.000000457. The van der Waals surface area contributed by atoms with Crippen molar-refractivity contribution in [3.05, 3.63) is 116 Å². The lowest BCUT2D eigenvalue weighted by Crippen LogP contribution is -3.13. The number of hydrogen-bond acceptors (Lipinski definition) is 0. The molecular weight excluding hydrogens is 1210 g/mol. The molecule has 0 heterocycles. The van der Waals surface area contributed by atoms with E-state index in [0.717, 1.165) is 30.6 Å². The highest BCUT2D eigenvalue weighted by molar-refractivity contribution is 7.20. The van der Waals surface area contributed by atoms with Gasteiger partial charge < -0.3 is 4.90 Å². The molecular formula is C62H77BF23N. The van der Waals surface area contributed by atoms with Gasteiger partial charge in [0, 0.05) is 0 Å². The van der Waals surface area contributed by atoms with Gasteiger partial charge >= 0.3 is 6.18 Å². The monoisotopic (exact) mass is 1280 g/mol. The number of nitrogens with one attached hydrogen (secondary N) is 1. The van der Waals surface area contributed by atoms with Gasteiger partial charge in [-0.2, -0.15) is 13.2 Å². The summed E-state index contributed by atoms with van der Waals surface area (Å²) in [6, 6.07) is 0. The molecule has 0 fully saturated rings. The Morgan fingerprint density at radius 2 is 0.356 bits per heavy atom. The van der Waals surface area contributed by atoms with E-state index >= 15 is 35.1 Å². The molecule has 4 aromatic rings. The molecule has 0 amide bonds. The smallest absolute Gasteiger partial charge is 0.327 e. The molecule has 0 spiro atoms. The van der Waals surface area contributed by atoms with E-state index in [-0.39, 0.29) is 0 Å². The highest BCUT2D eigenvalue weighted by atomic mass is 19.4. The van der Waals surface area contributed by atoms with Crippen LogP contribution in [-0.2, 0) is 0 Å². The van der Waals surface area contributed by atoms with E-state index in [2.05, 4.69) is 13.8 Å². The van der Waals surface area contributed by atoms with Gasteiger partial charge in [0.05, 0.1) is 13.1 Å². The number of halogens is 23. The number of hydrogen-bond donors (Lipinski definition) is 1. The SMILES string of the molecule is CCCCCCCCCCCCCCCCCC[NH+](CCCCCCCCCCCCCCCCCC)CC(F)(F)F.Fc1c(F)c(F)c([B-](c2c(F)c(F)c(F)c(F)c2F)(c2c(F)c(F)c(F)c(F)c2F)c2c(F)c(F)c(F)c(F)c2F)c(F)c1F. The van der Waals surface area contributed by atoms with Crippen LogP contribution in [-0.4, -0.2) is 32.0 Å². The topological polar surface area (TPSA) is 4.44 Å². The first-order valence-electron chi connectivity index (χ1n) is 30.3. The number of benzene rings is 4. The zero-order chi connectivity index (χ0) is 65.2. The lowest BCUT2D eigenvalue weighted by molar-refractivity contribution is -0.911. The summed E-state index contributed by atoms with van der Waals surface area (Å²) in [6.07, 6.45) is 30.8. The molecule has 0 aliphatic heterocycles. The van der Waals surface area contributed by atoms with Crippen molar-refractivity contribution in [3.8, 4) is 0 Å². The van der Waals surface area contributed by atoms with E-state index in [1.54, 1.807) is 0 Å². The molecule has 0 radical (unpaired) electrons. The Morgan fingerprint density at radius 1 is 0.218 bits per heavy atom. The van der Waals surface area contributed by atoms with Crippen LogP contribution in [0.4, 0.5) is 101 Å². The van der Waals surface area contributed by atoms with Gasteiger partial charge in [-0.25, -0.2) is 87.8 Å². The summed E-state index contributed by atoms with van der Waals surface area (Å²) >= 11 is 0. The minimum Gasteiger partial charge on any atom is -0.327 e. The molecule has 0 bridgehead atoms. The molecule has 0 saturated carbocycles. The lowest BCUT2D eigenvalue weighted by atomic mass is 9.12. The molecule has 0 aliphatic rings. The standard InChI is InChI=1S/C38H76F3N.C24BF20/c1-3-5-7-9-11-13-15-17-19-21-23-25-27-29-31-33-35-42(37-38(39,40)41)36-34-32-30-28-26-24-22-20-18-16-14-12-10-8-6-4-2;26-5-1(6(27)14(35)21(42)13(5)34)25(2-7(28)15(36)22(43)16(37)8(2)29,3-9(30)17(38)23(44)18(39)10(3)31)4-11(32)19(40)24(45)20(41)12(4)33/h3-37H2,1-2H3;/q;-1/p+1. The Labute approximate surface area is 494 Å². The number of alkyl halides is 3. The van der Waals surface area contributed by atoms with Gasteiger partial charge in [-0.05, 0) is 25.7 Å². The number of rotatable bonds is 39. The van der Waals surface area contributed by atoms with Crippen LogP contribution in [0.2, 0.25) is 0 Å². The minimum atomic E-state index is -7.22. The maximum Gasteiger partial charge on any atom is 0.438 e. The summed E-state index contributed by atoms with van der Waals surface area (Å²) in [5, 5.41) is 0. The number of unbranched alkanes of at least 4 members (excludes halogenated alkanes) is 30. The first-order chi connectivity index (χ1) is 41.2. The highest BCUT2D eigenvalue weighted by Gasteiger charge is 2.52. The summed E-state index contributed by atoms with van der Waals surface area (Å²) in [6.45, 7) is 5.28. The summed E-state index contributed by atoms with van der Waals surface area (Å²) in [4.78, 5) is 0.762. The van der Waals surface area contributed by atoms with Gasteiger partial charge in [0.1, 0.15) is 52.7 Å². The van der Waals surface area contributed by atoms with Crippen LogP contribution in [0.3, 0.4) is 0 Å². The van der Waals surface area contributed by atoms with Crippen LogP contribution in [0, 0.1) is 116 Å². The second kappa shape index (κ2) is 38.1. The van der Waals surface area contributed by atoms with Crippen LogP contribution < -0.4 is 26.8 Å². The maximum atomic E-state index is 15.4. The van der Waals surface area contributed by atoms with Crippen molar-refractivity contribution in [2.75, 3.05) is 19.6 Å². The fourth-order valence-electron chi connectivity index (χ4n) is 11.3. The Bertz CT molecular complexity index is 2330. The quantitative estimate of drug-likeness (QED) is 0.0149. The van der Waals surface area contributed by atoms with Crippen molar-refractivity contribution < 1.29 is 106 Å². The predicted molar refractivity (Wildman–Crippen MR) is 290 cm³/mol. The van der Waals surface area contributed by atoms with Gasteiger partial charge in [0.2, 0.25) is 0 Å². The van der Waals surface area contributed by atoms with E-state index in [0.29, 0.717) is 13.1 Å². The molecule has 0 atom stereocenters. The largest absolute Gasteiger partial charge is 0.438 e. The fourth-order valence-corrected chi connectivity index (χ4v) is 11.3. The van der Waals surface area contributed by atoms with Gasteiger partial charge in [-0.3, -0.25) is 0 Å². The molecule has 87 heavy (non-hydrogen) atoms.